The highest BCUT2D eigenvalue weighted by Crippen LogP contribution is 2.41. The molecule has 0 radical (unpaired) electrons. The molecule has 1 saturated heterocycles. The highest BCUT2D eigenvalue weighted by atomic mass is 19.4. The molecule has 1 aliphatic heterocycles. The normalized spacial score (nSPS) is 19.7. The van der Waals surface area contributed by atoms with Crippen molar-refractivity contribution in [1.29, 1.82) is 0 Å². The van der Waals surface area contributed by atoms with Gasteiger partial charge in [-0.2, -0.15) is 18.2 Å². The summed E-state index contributed by atoms with van der Waals surface area (Å²) in [6.45, 7) is 4.71. The minimum Gasteiger partial charge on any atom is -0.394 e. The lowest BCUT2D eigenvalue weighted by atomic mass is 9.83. The number of ether oxygens (including phenoxy) is 2. The van der Waals surface area contributed by atoms with E-state index >= 15 is 0 Å². The molecule has 2 heterocycles. The Balaban J connectivity index is 1.86. The molecule has 4 atom stereocenters. The van der Waals surface area contributed by atoms with Crippen molar-refractivity contribution in [3.63, 3.8) is 0 Å². The third-order valence-corrected chi connectivity index (χ3v) is 6.48. The number of alkyl halides is 3. The number of aliphatic hydroxyl groups is 2. The number of carbonyl (C=O) groups excluding carboxylic acids is 1. The van der Waals surface area contributed by atoms with Crippen LogP contribution in [0, 0.1) is 27.4 Å². The van der Waals surface area contributed by atoms with Crippen molar-refractivity contribution in [2.45, 2.75) is 77.4 Å². The molecule has 1 aliphatic rings. The predicted octanol–water partition coefficient (Wildman–Crippen LogP) is 2.94. The molecule has 0 saturated carbocycles. The largest absolute Gasteiger partial charge is 0.450 e. The van der Waals surface area contributed by atoms with E-state index in [-0.39, 0.29) is 47.6 Å². The number of rotatable bonds is 9. The third-order valence-electron chi connectivity index (χ3n) is 6.48. The summed E-state index contributed by atoms with van der Waals surface area (Å²) in [5.41, 5.74) is 4.81. The number of nitrogens with two attached hydrogens (primary N) is 1. The minimum absolute atomic E-state index is 0.0295. The Hall–Kier alpha value is -3.84. The second-order valence-electron chi connectivity index (χ2n) is 10.8. The highest BCUT2D eigenvalue weighted by molar-refractivity contribution is 5.84. The zero-order chi connectivity index (χ0) is 31.4. The van der Waals surface area contributed by atoms with Crippen LogP contribution >= 0.6 is 0 Å². The molecular weight excluding hydrogens is 565 g/mol. The van der Waals surface area contributed by atoms with Crippen LogP contribution in [0.15, 0.2) is 29.2 Å². The first kappa shape index (κ1) is 32.7. The van der Waals surface area contributed by atoms with Gasteiger partial charge < -0.3 is 25.4 Å². The number of anilines is 1. The fraction of sp³-hybridized carbons (Fsp3) is 0.519. The zero-order valence-corrected chi connectivity index (χ0v) is 23.1. The summed E-state index contributed by atoms with van der Waals surface area (Å²) in [6, 6.07) is 4.07. The van der Waals surface area contributed by atoms with Crippen molar-refractivity contribution in [3.05, 3.63) is 61.7 Å². The number of hydrogen-bond donors (Lipinski definition) is 3. The van der Waals surface area contributed by atoms with Gasteiger partial charge in [0.2, 0.25) is 5.78 Å². The number of aliphatic hydroxyl groups excluding tert-OH is 2. The summed E-state index contributed by atoms with van der Waals surface area (Å²) in [4.78, 5) is 38.6. The molecule has 0 amide bonds. The number of nitrogen functional groups attached to an aromatic ring is 1. The van der Waals surface area contributed by atoms with E-state index in [1.165, 1.54) is 24.4 Å². The molecule has 15 heteroatoms. The smallest absolute Gasteiger partial charge is 0.394 e. The van der Waals surface area contributed by atoms with Crippen LogP contribution in [0.3, 0.4) is 0 Å². The van der Waals surface area contributed by atoms with Crippen LogP contribution in [0.2, 0.25) is 0 Å². The van der Waals surface area contributed by atoms with Crippen molar-refractivity contribution in [3.8, 4) is 11.8 Å². The Labute approximate surface area is 238 Å². The maximum absolute atomic E-state index is 12.5. The number of ketones is 1. The van der Waals surface area contributed by atoms with Gasteiger partial charge in [0.25, 0.3) is 5.69 Å². The lowest BCUT2D eigenvalue weighted by Gasteiger charge is -2.31. The van der Waals surface area contributed by atoms with E-state index in [1.807, 2.05) is 0 Å². The van der Waals surface area contributed by atoms with Crippen LogP contribution in [-0.4, -0.2) is 55.5 Å². The van der Waals surface area contributed by atoms with Crippen molar-refractivity contribution in [2.75, 3.05) is 12.3 Å². The first-order valence-electron chi connectivity index (χ1n) is 12.8. The number of hydrogen-bond acceptors (Lipinski definition) is 10. The van der Waals surface area contributed by atoms with Gasteiger partial charge in [0, 0.05) is 42.7 Å². The lowest BCUT2D eigenvalue weighted by Crippen LogP contribution is -2.29. The number of nitrogens with zero attached hydrogens (tertiary/aromatic N) is 3. The van der Waals surface area contributed by atoms with Crippen molar-refractivity contribution < 1.29 is 42.6 Å². The first-order chi connectivity index (χ1) is 19.5. The molecule has 42 heavy (non-hydrogen) atoms. The summed E-state index contributed by atoms with van der Waals surface area (Å²) < 4.78 is 49.9. The molecule has 1 fully saturated rings. The second kappa shape index (κ2) is 13.0. The van der Waals surface area contributed by atoms with Gasteiger partial charge in [-0.05, 0) is 17.5 Å². The van der Waals surface area contributed by atoms with Crippen LogP contribution in [0.5, 0.6) is 0 Å². The molecule has 2 aromatic rings. The third kappa shape index (κ3) is 7.91. The molecule has 4 N–H and O–H groups in total. The van der Waals surface area contributed by atoms with Crippen LogP contribution in [0.1, 0.15) is 69.1 Å². The van der Waals surface area contributed by atoms with Crippen molar-refractivity contribution in [1.82, 2.24) is 9.55 Å². The molecule has 0 unspecified atom stereocenters. The Bertz CT molecular complexity index is 1440. The molecular formula is C27H31F3N4O8. The predicted molar refractivity (Wildman–Crippen MR) is 142 cm³/mol. The molecule has 3 rings (SSSR count). The Morgan fingerprint density at radius 1 is 1.36 bits per heavy atom. The number of nitro groups is 1. The van der Waals surface area contributed by atoms with Gasteiger partial charge >= 0.3 is 11.9 Å². The van der Waals surface area contributed by atoms with E-state index in [0.29, 0.717) is 0 Å². The van der Waals surface area contributed by atoms with Crippen molar-refractivity contribution >= 4 is 17.3 Å². The molecule has 0 bridgehead atoms. The van der Waals surface area contributed by atoms with E-state index < -0.39 is 65.6 Å². The number of nitro benzene ring substituents is 1. The van der Waals surface area contributed by atoms with E-state index in [9.17, 15) is 43.1 Å². The highest BCUT2D eigenvalue weighted by Gasteiger charge is 2.38. The molecule has 228 valence electrons. The van der Waals surface area contributed by atoms with E-state index in [4.69, 9.17) is 15.2 Å². The molecule has 12 nitrogen and oxygen atoms in total. The van der Waals surface area contributed by atoms with Crippen LogP contribution in [0.25, 0.3) is 0 Å². The molecule has 1 aromatic carbocycles. The monoisotopic (exact) mass is 596 g/mol. The van der Waals surface area contributed by atoms with Gasteiger partial charge in [0.1, 0.15) is 18.1 Å². The Kier molecular flexibility index (Phi) is 10.1. The number of Topliss-reactive ketones (excluding diaryl/α,β-unsaturated/α-hetero) is 1. The van der Waals surface area contributed by atoms with Gasteiger partial charge in [-0.25, -0.2) is 4.79 Å². The van der Waals surface area contributed by atoms with Gasteiger partial charge in [-0.15, -0.1) is 0 Å². The topological polar surface area (TPSA) is 180 Å². The molecule has 1 aromatic heterocycles. The summed E-state index contributed by atoms with van der Waals surface area (Å²) in [5, 5.41) is 31.4. The van der Waals surface area contributed by atoms with Crippen LogP contribution < -0.4 is 11.4 Å². The Morgan fingerprint density at radius 3 is 2.62 bits per heavy atom. The minimum atomic E-state index is -4.95. The van der Waals surface area contributed by atoms with Gasteiger partial charge in [-0.3, -0.25) is 19.5 Å². The van der Waals surface area contributed by atoms with Crippen LogP contribution in [-0.2, 0) is 20.9 Å². The number of halogens is 3. The van der Waals surface area contributed by atoms with Gasteiger partial charge in [0.05, 0.1) is 35.9 Å². The summed E-state index contributed by atoms with van der Waals surface area (Å²) >= 11 is 0. The summed E-state index contributed by atoms with van der Waals surface area (Å²) in [7, 11) is 0. The Morgan fingerprint density at radius 2 is 2.05 bits per heavy atom. The number of aromatic nitrogens is 2. The van der Waals surface area contributed by atoms with E-state index in [2.05, 4.69) is 16.8 Å². The number of benzene rings is 1. The lowest BCUT2D eigenvalue weighted by molar-refractivity contribution is -0.386. The maximum atomic E-state index is 12.5. The quantitative estimate of drug-likeness (QED) is 0.221. The van der Waals surface area contributed by atoms with E-state index in [0.717, 1.165) is 4.57 Å². The average molecular weight is 597 g/mol. The summed E-state index contributed by atoms with van der Waals surface area (Å²) in [6.07, 6.45) is -8.41. The zero-order valence-electron chi connectivity index (χ0n) is 23.1. The van der Waals surface area contributed by atoms with Crippen LogP contribution in [0.4, 0.5) is 24.7 Å². The summed E-state index contributed by atoms with van der Waals surface area (Å²) in [5.74, 6) is 2.94. The maximum Gasteiger partial charge on any atom is 0.450 e. The first-order valence-corrected chi connectivity index (χ1v) is 12.8. The number of carbonyl (C=O) groups is 1. The SMILES string of the molecule is CC(C)(C)[C@@H](OCc1cn([C@H]2C[C@@H](O)[C@@H](CO)O2)c(=O)nc1N)c1ccc(C#CCCC(=O)C(F)(F)F)cc1[N+](=O)[O-]. The van der Waals surface area contributed by atoms with Gasteiger partial charge in [-0.1, -0.05) is 32.6 Å². The van der Waals surface area contributed by atoms with Crippen molar-refractivity contribution in [2.24, 2.45) is 5.41 Å². The fourth-order valence-electron chi connectivity index (χ4n) is 4.35. The molecule has 0 spiro atoms. The average Bonchev–Trinajstić information content (AvgIpc) is 3.26. The standard InChI is InChI=1S/C27H31F3N4O8/c1-26(2,3)23(17-9-8-15(10-18(17)34(39)40)6-4-5-7-21(37)27(28,29)30)41-14-16-12-33(25(38)32-24(16)31)22-11-19(36)20(13-35)42-22/h8-10,12,19-20,22-23,35-36H,5,7,11,13-14H2,1-3H3,(H2,31,32,38)/t19-,20-,22-,23+/m1/s1. The fourth-order valence-corrected chi connectivity index (χ4v) is 4.35. The van der Waals surface area contributed by atoms with Gasteiger partial charge in [0.15, 0.2) is 0 Å². The molecule has 0 aliphatic carbocycles. The van der Waals surface area contributed by atoms with E-state index in [1.54, 1.807) is 20.8 Å². The second-order valence-corrected chi connectivity index (χ2v) is 10.8.